The van der Waals surface area contributed by atoms with Gasteiger partial charge in [0.2, 0.25) is 0 Å². The fraction of sp³-hybridized carbons (Fsp3) is 0.429. The Morgan fingerprint density at radius 1 is 1.20 bits per heavy atom. The van der Waals surface area contributed by atoms with Gasteiger partial charge in [0.1, 0.15) is 11.6 Å². The molecule has 0 bridgehead atoms. The van der Waals surface area contributed by atoms with E-state index in [0.29, 0.717) is 36.1 Å². The molecule has 0 aromatic carbocycles. The summed E-state index contributed by atoms with van der Waals surface area (Å²) < 4.78 is 13.0. The topological polar surface area (TPSA) is 66.8 Å². The van der Waals surface area contributed by atoms with Crippen molar-refractivity contribution >= 4 is 51.0 Å². The van der Waals surface area contributed by atoms with Crippen LogP contribution in [0.5, 0.6) is 0 Å². The molecule has 1 atom stereocenters. The Bertz CT molecular complexity index is 1020. The van der Waals surface area contributed by atoms with E-state index in [2.05, 4.69) is 25.2 Å². The number of rotatable bonds is 6. The predicted octanol–water partition coefficient (Wildman–Crippen LogP) is 4.81. The molecule has 0 saturated carbocycles. The van der Waals surface area contributed by atoms with Crippen LogP contribution in [0.2, 0.25) is 0 Å². The molecular formula is C21H23ClFIN6. The van der Waals surface area contributed by atoms with Crippen LogP contribution in [-0.2, 0) is 16.8 Å². The van der Waals surface area contributed by atoms with Crippen molar-refractivity contribution in [1.29, 1.82) is 0 Å². The Morgan fingerprint density at radius 3 is 2.70 bits per heavy atom. The SMILES string of the molecule is CC(F)(I)c1ncccc1CNc1nc(CN2CCC(Cl)CC2)nc2ncccc12. The summed E-state index contributed by atoms with van der Waals surface area (Å²) in [6.07, 6.45) is 5.29. The molecule has 3 aromatic heterocycles. The van der Waals surface area contributed by atoms with E-state index in [1.807, 2.05) is 24.3 Å². The maximum Gasteiger partial charge on any atom is 0.200 e. The predicted molar refractivity (Wildman–Crippen MR) is 126 cm³/mol. The Morgan fingerprint density at radius 2 is 1.93 bits per heavy atom. The zero-order chi connectivity index (χ0) is 21.1. The molecule has 0 radical (unpaired) electrons. The van der Waals surface area contributed by atoms with Gasteiger partial charge in [0.15, 0.2) is 9.32 Å². The molecule has 4 rings (SSSR count). The minimum absolute atomic E-state index is 0.255. The summed E-state index contributed by atoms with van der Waals surface area (Å²) in [6.45, 7) is 4.43. The Labute approximate surface area is 193 Å². The molecule has 6 nitrogen and oxygen atoms in total. The molecule has 1 saturated heterocycles. The average Bonchev–Trinajstić information content (AvgIpc) is 2.73. The van der Waals surface area contributed by atoms with Crippen LogP contribution in [0.3, 0.4) is 0 Å². The van der Waals surface area contributed by atoms with Crippen LogP contribution in [-0.4, -0.2) is 43.3 Å². The Balaban J connectivity index is 1.59. The summed E-state index contributed by atoms with van der Waals surface area (Å²) in [5, 5.41) is 4.45. The second-order valence-electron chi connectivity index (χ2n) is 7.57. The normalized spacial score (nSPS) is 17.7. The van der Waals surface area contributed by atoms with Gasteiger partial charge in [-0.1, -0.05) is 6.07 Å². The number of fused-ring (bicyclic) bond motifs is 1. The number of pyridine rings is 2. The number of likely N-dealkylation sites (tertiary alicyclic amines) is 1. The Hall–Kier alpha value is -1.65. The average molecular weight is 541 g/mol. The molecule has 1 aliphatic heterocycles. The van der Waals surface area contributed by atoms with Gasteiger partial charge in [-0.15, -0.1) is 11.6 Å². The summed E-state index contributed by atoms with van der Waals surface area (Å²) in [4.78, 5) is 20.4. The molecule has 0 aliphatic carbocycles. The van der Waals surface area contributed by atoms with E-state index >= 15 is 0 Å². The molecule has 1 unspecified atom stereocenters. The molecule has 30 heavy (non-hydrogen) atoms. The van der Waals surface area contributed by atoms with Crippen molar-refractivity contribution in [3.63, 3.8) is 0 Å². The van der Waals surface area contributed by atoms with Crippen LogP contribution in [0, 0.1) is 0 Å². The third-order valence-corrected chi connectivity index (χ3v) is 6.10. The number of hydrogen-bond acceptors (Lipinski definition) is 6. The second-order valence-corrected chi connectivity index (χ2v) is 10.2. The van der Waals surface area contributed by atoms with Gasteiger partial charge in [-0.25, -0.2) is 19.3 Å². The summed E-state index contributed by atoms with van der Waals surface area (Å²) in [6, 6.07) is 7.50. The monoisotopic (exact) mass is 540 g/mol. The molecule has 158 valence electrons. The maximum absolute atomic E-state index is 14.6. The van der Waals surface area contributed by atoms with Gasteiger partial charge in [-0.3, -0.25) is 9.88 Å². The third kappa shape index (κ3) is 5.15. The Kier molecular flexibility index (Phi) is 6.64. The number of aromatic nitrogens is 4. The van der Waals surface area contributed by atoms with Gasteiger partial charge in [-0.2, -0.15) is 0 Å². The first-order chi connectivity index (χ1) is 14.4. The van der Waals surface area contributed by atoms with Crippen molar-refractivity contribution in [3.8, 4) is 0 Å². The van der Waals surface area contributed by atoms with Crippen molar-refractivity contribution in [2.24, 2.45) is 0 Å². The van der Waals surface area contributed by atoms with Gasteiger partial charge in [0.25, 0.3) is 0 Å². The van der Waals surface area contributed by atoms with E-state index in [9.17, 15) is 4.39 Å². The summed E-state index contributed by atoms with van der Waals surface area (Å²) in [7, 11) is 0. The van der Waals surface area contributed by atoms with E-state index < -0.39 is 3.68 Å². The minimum atomic E-state index is -1.55. The van der Waals surface area contributed by atoms with Gasteiger partial charge < -0.3 is 5.32 Å². The number of piperidine rings is 1. The van der Waals surface area contributed by atoms with E-state index in [1.165, 1.54) is 6.92 Å². The van der Waals surface area contributed by atoms with Gasteiger partial charge >= 0.3 is 0 Å². The van der Waals surface area contributed by atoms with E-state index in [0.717, 1.165) is 36.9 Å². The summed E-state index contributed by atoms with van der Waals surface area (Å²) >= 11 is 7.99. The molecule has 1 aliphatic rings. The molecule has 4 heterocycles. The number of halogens is 3. The van der Waals surface area contributed by atoms with Crippen LogP contribution in [0.15, 0.2) is 36.7 Å². The molecule has 0 amide bonds. The van der Waals surface area contributed by atoms with Crippen LogP contribution < -0.4 is 5.32 Å². The first-order valence-corrected chi connectivity index (χ1v) is 11.5. The van der Waals surface area contributed by atoms with Crippen LogP contribution >= 0.6 is 34.2 Å². The first-order valence-electron chi connectivity index (χ1n) is 9.94. The molecular weight excluding hydrogens is 518 g/mol. The van der Waals surface area contributed by atoms with Crippen LogP contribution in [0.1, 0.15) is 36.8 Å². The summed E-state index contributed by atoms with van der Waals surface area (Å²) in [5.41, 5.74) is 1.85. The molecule has 9 heteroatoms. The van der Waals surface area contributed by atoms with Gasteiger partial charge in [0.05, 0.1) is 17.6 Å². The van der Waals surface area contributed by atoms with Gasteiger partial charge in [0, 0.05) is 37.4 Å². The number of anilines is 1. The lowest BCUT2D eigenvalue weighted by molar-refractivity contribution is 0.218. The number of nitrogens with zero attached hydrogens (tertiary/aromatic N) is 5. The lowest BCUT2D eigenvalue weighted by atomic mass is 10.1. The number of hydrogen-bond donors (Lipinski definition) is 1. The van der Waals surface area contributed by atoms with Crippen molar-refractivity contribution < 1.29 is 4.39 Å². The van der Waals surface area contributed by atoms with Crippen LogP contribution in [0.25, 0.3) is 11.0 Å². The molecule has 0 spiro atoms. The highest BCUT2D eigenvalue weighted by atomic mass is 127. The largest absolute Gasteiger partial charge is 0.365 e. The standard InChI is InChI=1S/C21H23ClFIN6/c1-21(23,24)18-14(4-2-8-25-18)12-27-20-16-5-3-9-26-19(16)28-17(29-20)13-30-10-6-15(22)7-11-30/h2-5,8-9,15H,6-7,10-13H2,1H3,(H,26,27,28,29). The smallest absolute Gasteiger partial charge is 0.200 e. The van der Waals surface area contributed by atoms with Gasteiger partial charge in [-0.05, 0) is 66.1 Å². The van der Waals surface area contributed by atoms with Crippen molar-refractivity contribution in [2.45, 2.75) is 41.9 Å². The first kappa shape index (κ1) is 21.6. The van der Waals surface area contributed by atoms with Crippen LogP contribution in [0.4, 0.5) is 10.2 Å². The highest BCUT2D eigenvalue weighted by Gasteiger charge is 2.26. The highest BCUT2D eigenvalue weighted by Crippen LogP contribution is 2.34. The maximum atomic E-state index is 14.6. The fourth-order valence-electron chi connectivity index (χ4n) is 3.63. The second kappa shape index (κ2) is 9.23. The lowest BCUT2D eigenvalue weighted by Crippen LogP contribution is -2.34. The molecule has 1 N–H and O–H groups in total. The lowest BCUT2D eigenvalue weighted by Gasteiger charge is -2.28. The molecule has 1 fully saturated rings. The molecule has 3 aromatic rings. The third-order valence-electron chi connectivity index (χ3n) is 5.15. The van der Waals surface area contributed by atoms with E-state index in [4.69, 9.17) is 16.6 Å². The highest BCUT2D eigenvalue weighted by molar-refractivity contribution is 14.1. The fourth-order valence-corrected chi connectivity index (χ4v) is 4.31. The summed E-state index contributed by atoms with van der Waals surface area (Å²) in [5.74, 6) is 1.41. The van der Waals surface area contributed by atoms with E-state index in [1.54, 1.807) is 35.0 Å². The van der Waals surface area contributed by atoms with Crippen molar-refractivity contribution in [1.82, 2.24) is 24.8 Å². The van der Waals surface area contributed by atoms with Crippen molar-refractivity contribution in [3.05, 3.63) is 53.7 Å². The van der Waals surface area contributed by atoms with Crippen molar-refractivity contribution in [2.75, 3.05) is 18.4 Å². The van der Waals surface area contributed by atoms with E-state index in [-0.39, 0.29) is 5.38 Å². The number of alkyl halides is 3. The zero-order valence-corrected chi connectivity index (χ0v) is 19.6. The number of nitrogens with one attached hydrogen (secondary N) is 1. The quantitative estimate of drug-likeness (QED) is 0.358. The zero-order valence-electron chi connectivity index (χ0n) is 16.7. The minimum Gasteiger partial charge on any atom is -0.365 e.